The quantitative estimate of drug-likeness (QED) is 0.745. The van der Waals surface area contributed by atoms with Gasteiger partial charge < -0.3 is 4.42 Å². The van der Waals surface area contributed by atoms with Gasteiger partial charge in [0.25, 0.3) is 10.7 Å². The number of benzene rings is 1. The fourth-order valence-electron chi connectivity index (χ4n) is 1.76. The first kappa shape index (κ1) is 12.3. The number of H-pyrrole nitrogens is 1. The molecule has 0 radical (unpaired) electrons. The summed E-state index contributed by atoms with van der Waals surface area (Å²) in [6.45, 7) is 0. The Morgan fingerprint density at radius 3 is 2.79 bits per heavy atom. The molecule has 3 rings (SSSR count). The summed E-state index contributed by atoms with van der Waals surface area (Å²) in [6.07, 6.45) is 3.68. The third-order valence-corrected chi connectivity index (χ3v) is 3.89. The first-order valence-electron chi connectivity index (χ1n) is 5.86. The highest BCUT2D eigenvalue weighted by Gasteiger charge is 2.09. The van der Waals surface area contributed by atoms with Gasteiger partial charge in [0.05, 0.1) is 11.2 Å². The molecule has 2 heterocycles. The molecule has 0 aliphatic heterocycles. The average molecular weight is 289 g/mol. The van der Waals surface area contributed by atoms with Crippen molar-refractivity contribution in [2.75, 3.05) is 0 Å². The molecular formula is C13H11N3OS2. The number of aryl methyl sites for hydroxylation is 2. The van der Waals surface area contributed by atoms with Gasteiger partial charge in [-0.15, -0.1) is 16.4 Å². The van der Waals surface area contributed by atoms with Crippen LogP contribution in [0.15, 0.2) is 40.9 Å². The van der Waals surface area contributed by atoms with E-state index in [1.54, 1.807) is 17.5 Å². The fourth-order valence-corrected chi connectivity index (χ4v) is 2.72. The van der Waals surface area contributed by atoms with E-state index in [0.29, 0.717) is 5.89 Å². The van der Waals surface area contributed by atoms with Crippen molar-refractivity contribution in [2.24, 2.45) is 0 Å². The molecule has 19 heavy (non-hydrogen) atoms. The molecule has 0 saturated heterocycles. The van der Waals surface area contributed by atoms with Gasteiger partial charge in [-0.25, -0.2) is 10.1 Å². The minimum absolute atomic E-state index is 0.286. The number of rotatable bonds is 4. The lowest BCUT2D eigenvalue weighted by molar-refractivity contribution is 0.553. The zero-order valence-electron chi connectivity index (χ0n) is 10.00. The van der Waals surface area contributed by atoms with Crippen molar-refractivity contribution in [2.45, 2.75) is 12.8 Å². The van der Waals surface area contributed by atoms with Crippen molar-refractivity contribution in [1.82, 2.24) is 15.2 Å². The van der Waals surface area contributed by atoms with E-state index in [2.05, 4.69) is 39.4 Å². The Kier molecular flexibility index (Phi) is 3.52. The largest absolute Gasteiger partial charge is 0.408 e. The van der Waals surface area contributed by atoms with Gasteiger partial charge >= 0.3 is 0 Å². The SMILES string of the molecule is S=c1[nH]nc(-c2cnc(CCc3ccccc3)s2)o1. The van der Waals surface area contributed by atoms with Crippen LogP contribution < -0.4 is 0 Å². The zero-order valence-corrected chi connectivity index (χ0v) is 11.6. The number of aromatic amines is 1. The first-order chi connectivity index (χ1) is 9.31. The molecule has 0 aliphatic carbocycles. The lowest BCUT2D eigenvalue weighted by Gasteiger charge is -1.97. The molecule has 0 amide bonds. The molecule has 4 nitrogen and oxygen atoms in total. The van der Waals surface area contributed by atoms with Crippen molar-refractivity contribution in [1.29, 1.82) is 0 Å². The van der Waals surface area contributed by atoms with Crippen molar-refractivity contribution in [3.63, 3.8) is 0 Å². The summed E-state index contributed by atoms with van der Waals surface area (Å²) in [4.78, 5) is 5.57. The number of hydrogen-bond acceptors (Lipinski definition) is 5. The van der Waals surface area contributed by atoms with Gasteiger partial charge in [0.1, 0.15) is 4.88 Å². The summed E-state index contributed by atoms with van der Waals surface area (Å²) in [5, 5.41) is 7.68. The maximum atomic E-state index is 5.26. The lowest BCUT2D eigenvalue weighted by atomic mass is 10.1. The normalized spacial score (nSPS) is 10.7. The van der Waals surface area contributed by atoms with E-state index in [0.717, 1.165) is 22.7 Å². The smallest absolute Gasteiger partial charge is 0.284 e. The van der Waals surface area contributed by atoms with Gasteiger partial charge in [0, 0.05) is 6.42 Å². The second-order valence-corrected chi connectivity index (χ2v) is 5.51. The van der Waals surface area contributed by atoms with Gasteiger partial charge in [-0.1, -0.05) is 30.3 Å². The van der Waals surface area contributed by atoms with Crippen molar-refractivity contribution in [3.05, 3.63) is 51.9 Å². The number of nitrogens with zero attached hydrogens (tertiary/aromatic N) is 2. The highest BCUT2D eigenvalue weighted by atomic mass is 32.1. The van der Waals surface area contributed by atoms with Crippen molar-refractivity contribution >= 4 is 23.6 Å². The van der Waals surface area contributed by atoms with Gasteiger partial charge in [-0.05, 0) is 24.2 Å². The molecule has 0 fully saturated rings. The van der Waals surface area contributed by atoms with E-state index in [4.69, 9.17) is 16.6 Å². The minimum Gasteiger partial charge on any atom is -0.408 e. The van der Waals surface area contributed by atoms with Crippen LogP contribution in [-0.2, 0) is 12.8 Å². The number of thiazole rings is 1. The van der Waals surface area contributed by atoms with E-state index in [1.165, 1.54) is 5.56 Å². The minimum atomic E-state index is 0.286. The summed E-state index contributed by atoms with van der Waals surface area (Å²) in [7, 11) is 0. The molecular weight excluding hydrogens is 278 g/mol. The molecule has 0 spiro atoms. The summed E-state index contributed by atoms with van der Waals surface area (Å²) < 4.78 is 5.26. The van der Waals surface area contributed by atoms with E-state index in [-0.39, 0.29) is 4.84 Å². The third-order valence-electron chi connectivity index (χ3n) is 2.67. The van der Waals surface area contributed by atoms with Gasteiger partial charge in [-0.2, -0.15) is 0 Å². The first-order valence-corrected chi connectivity index (χ1v) is 7.08. The molecule has 96 valence electrons. The van der Waals surface area contributed by atoms with E-state index in [9.17, 15) is 0 Å². The van der Waals surface area contributed by atoms with Crippen LogP contribution in [0.1, 0.15) is 10.6 Å². The molecule has 0 saturated carbocycles. The Balaban J connectivity index is 1.70. The van der Waals surface area contributed by atoms with Gasteiger partial charge in [0.2, 0.25) is 0 Å². The van der Waals surface area contributed by atoms with Crippen LogP contribution in [0.2, 0.25) is 0 Å². The summed E-state index contributed by atoms with van der Waals surface area (Å²) in [5.41, 5.74) is 1.32. The molecule has 1 aromatic carbocycles. The molecule has 0 atom stereocenters. The Bertz CT molecular complexity index is 715. The summed E-state index contributed by atoms with van der Waals surface area (Å²) >= 11 is 6.44. The van der Waals surface area contributed by atoms with Crippen LogP contribution in [-0.4, -0.2) is 15.2 Å². The molecule has 0 aliphatic rings. The second-order valence-electron chi connectivity index (χ2n) is 4.02. The number of nitrogens with one attached hydrogen (secondary N) is 1. The number of hydrogen-bond donors (Lipinski definition) is 1. The average Bonchev–Trinajstić information content (AvgIpc) is 3.06. The highest BCUT2D eigenvalue weighted by molar-refractivity contribution is 7.71. The Morgan fingerprint density at radius 1 is 1.21 bits per heavy atom. The lowest BCUT2D eigenvalue weighted by Crippen LogP contribution is -1.89. The number of aromatic nitrogens is 3. The van der Waals surface area contributed by atoms with Crippen LogP contribution >= 0.6 is 23.6 Å². The molecule has 0 unspecified atom stereocenters. The van der Waals surface area contributed by atoms with Crippen molar-refractivity contribution in [3.8, 4) is 10.8 Å². The summed E-state index contributed by atoms with van der Waals surface area (Å²) in [5.74, 6) is 0.508. The molecule has 6 heteroatoms. The van der Waals surface area contributed by atoms with Crippen LogP contribution in [0.3, 0.4) is 0 Å². The van der Waals surface area contributed by atoms with Crippen LogP contribution in [0.5, 0.6) is 0 Å². The topological polar surface area (TPSA) is 54.7 Å². The zero-order chi connectivity index (χ0) is 13.1. The van der Waals surface area contributed by atoms with E-state index >= 15 is 0 Å². The second kappa shape index (κ2) is 5.46. The standard InChI is InChI=1S/C13H11N3OS2/c18-13-16-15-12(17-13)10-8-14-11(19-10)7-6-9-4-2-1-3-5-9/h1-5,8H,6-7H2,(H,16,18). The Hall–Kier alpha value is -1.79. The Morgan fingerprint density at radius 2 is 2.05 bits per heavy atom. The predicted molar refractivity (Wildman–Crippen MR) is 76.6 cm³/mol. The third kappa shape index (κ3) is 2.97. The maximum absolute atomic E-state index is 5.26. The highest BCUT2D eigenvalue weighted by Crippen LogP contribution is 2.25. The monoisotopic (exact) mass is 289 g/mol. The molecule has 2 aromatic heterocycles. The molecule has 3 aromatic rings. The van der Waals surface area contributed by atoms with Crippen LogP contribution in [0.25, 0.3) is 10.8 Å². The fraction of sp³-hybridized carbons (Fsp3) is 0.154. The van der Waals surface area contributed by atoms with Gasteiger partial charge in [0.15, 0.2) is 0 Å². The van der Waals surface area contributed by atoms with Crippen LogP contribution in [0, 0.1) is 4.84 Å². The molecule has 0 bridgehead atoms. The predicted octanol–water partition coefficient (Wildman–Crippen LogP) is 3.64. The van der Waals surface area contributed by atoms with Crippen LogP contribution in [0.4, 0.5) is 0 Å². The Labute approximate surface area is 119 Å². The van der Waals surface area contributed by atoms with Gasteiger partial charge in [-0.3, -0.25) is 0 Å². The van der Waals surface area contributed by atoms with Crippen molar-refractivity contribution < 1.29 is 4.42 Å². The summed E-state index contributed by atoms with van der Waals surface area (Å²) in [6, 6.07) is 10.4. The maximum Gasteiger partial charge on any atom is 0.284 e. The van der Waals surface area contributed by atoms with E-state index < -0.39 is 0 Å². The van der Waals surface area contributed by atoms with E-state index in [1.807, 2.05) is 6.07 Å². The molecule has 1 N–H and O–H groups in total.